The van der Waals surface area contributed by atoms with Crippen LogP contribution in [0.3, 0.4) is 0 Å². The van der Waals surface area contributed by atoms with Crippen LogP contribution in [-0.2, 0) is 4.74 Å². The van der Waals surface area contributed by atoms with E-state index in [4.69, 9.17) is 4.74 Å². The molecule has 126 valence electrons. The van der Waals surface area contributed by atoms with Crippen LogP contribution < -0.4 is 0 Å². The lowest BCUT2D eigenvalue weighted by molar-refractivity contribution is -0.0230. The topological polar surface area (TPSA) is 55.3 Å². The zero-order valence-electron chi connectivity index (χ0n) is 13.8. The minimum atomic E-state index is -0.287. The Hall–Kier alpha value is -2.34. The van der Waals surface area contributed by atoms with Gasteiger partial charge in [0.05, 0.1) is 13.2 Å². The fourth-order valence-corrected chi connectivity index (χ4v) is 2.65. The van der Waals surface area contributed by atoms with Gasteiger partial charge in [-0.15, -0.1) is 0 Å². The standard InChI is InChI=1S/C18H20FN3O2/c1-12(2)17-20-8-7-15(21-17)18(23)22-9-10-24-16(11-22)13-3-5-14(19)6-4-13/h3-8,12,16H,9-11H2,1-2H3. The lowest BCUT2D eigenvalue weighted by Crippen LogP contribution is -2.42. The Labute approximate surface area is 140 Å². The van der Waals surface area contributed by atoms with Gasteiger partial charge in [-0.3, -0.25) is 4.79 Å². The van der Waals surface area contributed by atoms with Crippen molar-refractivity contribution in [3.05, 3.63) is 59.4 Å². The van der Waals surface area contributed by atoms with E-state index in [2.05, 4.69) is 9.97 Å². The highest BCUT2D eigenvalue weighted by Crippen LogP contribution is 2.23. The van der Waals surface area contributed by atoms with Crippen molar-refractivity contribution < 1.29 is 13.9 Å². The van der Waals surface area contributed by atoms with Crippen molar-refractivity contribution in [3.63, 3.8) is 0 Å². The van der Waals surface area contributed by atoms with E-state index in [9.17, 15) is 9.18 Å². The SMILES string of the molecule is CC(C)c1nccc(C(=O)N2CCOC(c3ccc(F)cc3)C2)n1. The monoisotopic (exact) mass is 329 g/mol. The summed E-state index contributed by atoms with van der Waals surface area (Å²) in [4.78, 5) is 23.0. The van der Waals surface area contributed by atoms with Gasteiger partial charge in [0.25, 0.3) is 5.91 Å². The molecule has 1 aromatic carbocycles. The van der Waals surface area contributed by atoms with E-state index < -0.39 is 0 Å². The van der Waals surface area contributed by atoms with Crippen LogP contribution in [0.1, 0.15) is 47.7 Å². The quantitative estimate of drug-likeness (QED) is 0.869. The molecule has 1 aliphatic rings. The summed E-state index contributed by atoms with van der Waals surface area (Å²) < 4.78 is 18.8. The van der Waals surface area contributed by atoms with E-state index in [1.165, 1.54) is 12.1 Å². The summed E-state index contributed by atoms with van der Waals surface area (Å²) in [5.41, 5.74) is 1.26. The van der Waals surface area contributed by atoms with Gasteiger partial charge >= 0.3 is 0 Å². The van der Waals surface area contributed by atoms with Crippen LogP contribution in [0.25, 0.3) is 0 Å². The Bertz CT molecular complexity index is 718. The van der Waals surface area contributed by atoms with E-state index in [1.54, 1.807) is 29.3 Å². The first kappa shape index (κ1) is 16.5. The third-order valence-electron chi connectivity index (χ3n) is 4.01. The molecule has 2 heterocycles. The second-order valence-electron chi connectivity index (χ2n) is 6.12. The van der Waals surface area contributed by atoms with E-state index in [0.717, 1.165) is 5.56 Å². The summed E-state index contributed by atoms with van der Waals surface area (Å²) in [7, 11) is 0. The van der Waals surface area contributed by atoms with E-state index >= 15 is 0 Å². The van der Waals surface area contributed by atoms with Crippen molar-refractivity contribution in [2.45, 2.75) is 25.9 Å². The first-order valence-corrected chi connectivity index (χ1v) is 8.04. The summed E-state index contributed by atoms with van der Waals surface area (Å²) in [6.45, 7) is 5.35. The van der Waals surface area contributed by atoms with Crippen molar-refractivity contribution in [1.29, 1.82) is 0 Å². The summed E-state index contributed by atoms with van der Waals surface area (Å²) >= 11 is 0. The molecule has 3 rings (SSSR count). The number of morpholine rings is 1. The lowest BCUT2D eigenvalue weighted by Gasteiger charge is -2.33. The second kappa shape index (κ2) is 7.05. The highest BCUT2D eigenvalue weighted by molar-refractivity contribution is 5.92. The van der Waals surface area contributed by atoms with Crippen LogP contribution in [0.15, 0.2) is 36.5 Å². The number of rotatable bonds is 3. The van der Waals surface area contributed by atoms with Crippen LogP contribution in [0.2, 0.25) is 0 Å². The molecule has 1 aromatic heterocycles. The van der Waals surface area contributed by atoms with E-state index in [0.29, 0.717) is 31.2 Å². The molecule has 1 aliphatic heterocycles. The minimum Gasteiger partial charge on any atom is -0.370 e. The molecule has 6 heteroatoms. The number of hydrogen-bond donors (Lipinski definition) is 0. The van der Waals surface area contributed by atoms with Crippen LogP contribution in [0.5, 0.6) is 0 Å². The Balaban J connectivity index is 1.75. The van der Waals surface area contributed by atoms with Crippen molar-refractivity contribution in [1.82, 2.24) is 14.9 Å². The zero-order valence-corrected chi connectivity index (χ0v) is 13.8. The highest BCUT2D eigenvalue weighted by Gasteiger charge is 2.27. The smallest absolute Gasteiger partial charge is 0.272 e. The van der Waals surface area contributed by atoms with Gasteiger partial charge in [0.15, 0.2) is 0 Å². The average molecular weight is 329 g/mol. The molecule has 0 radical (unpaired) electrons. The number of carbonyl (C=O) groups excluding carboxylic acids is 1. The number of aromatic nitrogens is 2. The third kappa shape index (κ3) is 3.59. The zero-order chi connectivity index (χ0) is 17.1. The van der Waals surface area contributed by atoms with Gasteiger partial charge in [-0.2, -0.15) is 0 Å². The molecule has 1 amide bonds. The molecule has 0 spiro atoms. The summed E-state index contributed by atoms with van der Waals surface area (Å²) in [5, 5.41) is 0. The molecule has 1 fully saturated rings. The van der Waals surface area contributed by atoms with Gasteiger partial charge in [0, 0.05) is 18.7 Å². The third-order valence-corrected chi connectivity index (χ3v) is 4.01. The predicted molar refractivity (Wildman–Crippen MR) is 87.1 cm³/mol. The summed E-state index contributed by atoms with van der Waals surface area (Å²) in [5.74, 6) is 0.401. The van der Waals surface area contributed by atoms with Crippen molar-refractivity contribution in [2.24, 2.45) is 0 Å². The van der Waals surface area contributed by atoms with Gasteiger partial charge < -0.3 is 9.64 Å². The predicted octanol–water partition coefficient (Wildman–Crippen LogP) is 2.95. The molecule has 0 bridgehead atoms. The summed E-state index contributed by atoms with van der Waals surface area (Å²) in [6, 6.07) is 7.82. The van der Waals surface area contributed by atoms with Gasteiger partial charge in [-0.1, -0.05) is 26.0 Å². The maximum Gasteiger partial charge on any atom is 0.272 e. The normalized spacial score (nSPS) is 18.0. The molecule has 1 unspecified atom stereocenters. The van der Waals surface area contributed by atoms with E-state index in [-0.39, 0.29) is 23.7 Å². The number of hydrogen-bond acceptors (Lipinski definition) is 4. The molecule has 0 saturated carbocycles. The number of amides is 1. The van der Waals surface area contributed by atoms with Crippen LogP contribution in [0, 0.1) is 5.82 Å². The van der Waals surface area contributed by atoms with Gasteiger partial charge in [0.2, 0.25) is 0 Å². The Morgan fingerprint density at radius 3 is 2.75 bits per heavy atom. The highest BCUT2D eigenvalue weighted by atomic mass is 19.1. The molecule has 1 saturated heterocycles. The Kier molecular flexibility index (Phi) is 4.85. The number of benzene rings is 1. The molecule has 5 nitrogen and oxygen atoms in total. The number of nitrogens with zero attached hydrogens (tertiary/aromatic N) is 3. The molecule has 24 heavy (non-hydrogen) atoms. The molecule has 0 aliphatic carbocycles. The number of carbonyl (C=O) groups is 1. The number of ether oxygens (including phenoxy) is 1. The van der Waals surface area contributed by atoms with Gasteiger partial charge in [-0.25, -0.2) is 14.4 Å². The molecule has 0 N–H and O–H groups in total. The molecular formula is C18H20FN3O2. The fraction of sp³-hybridized carbons (Fsp3) is 0.389. The first-order chi connectivity index (χ1) is 11.5. The Morgan fingerprint density at radius 1 is 1.29 bits per heavy atom. The maximum absolute atomic E-state index is 13.1. The maximum atomic E-state index is 13.1. The number of halogens is 1. The van der Waals surface area contributed by atoms with Gasteiger partial charge in [-0.05, 0) is 23.8 Å². The van der Waals surface area contributed by atoms with E-state index in [1.807, 2.05) is 13.8 Å². The molecule has 1 atom stereocenters. The van der Waals surface area contributed by atoms with Crippen LogP contribution in [0.4, 0.5) is 4.39 Å². The van der Waals surface area contributed by atoms with Crippen LogP contribution in [-0.4, -0.2) is 40.5 Å². The minimum absolute atomic E-state index is 0.130. The summed E-state index contributed by atoms with van der Waals surface area (Å²) in [6.07, 6.45) is 1.36. The largest absolute Gasteiger partial charge is 0.370 e. The molecular weight excluding hydrogens is 309 g/mol. The fourth-order valence-electron chi connectivity index (χ4n) is 2.65. The van der Waals surface area contributed by atoms with Crippen molar-refractivity contribution in [2.75, 3.05) is 19.7 Å². The van der Waals surface area contributed by atoms with Crippen molar-refractivity contribution in [3.8, 4) is 0 Å². The molecule has 2 aromatic rings. The van der Waals surface area contributed by atoms with Crippen molar-refractivity contribution >= 4 is 5.91 Å². The van der Waals surface area contributed by atoms with Crippen LogP contribution >= 0.6 is 0 Å². The average Bonchev–Trinajstić information content (AvgIpc) is 2.62. The Morgan fingerprint density at radius 2 is 2.04 bits per heavy atom. The second-order valence-corrected chi connectivity index (χ2v) is 6.12. The first-order valence-electron chi connectivity index (χ1n) is 8.04. The van der Waals surface area contributed by atoms with Gasteiger partial charge in [0.1, 0.15) is 23.4 Å². The lowest BCUT2D eigenvalue weighted by atomic mass is 10.1.